The molecule has 0 radical (unpaired) electrons. The van der Waals surface area contributed by atoms with Gasteiger partial charge in [0.05, 0.1) is 7.11 Å². The Bertz CT molecular complexity index is 402. The summed E-state index contributed by atoms with van der Waals surface area (Å²) >= 11 is 0. The summed E-state index contributed by atoms with van der Waals surface area (Å²) < 4.78 is 18.3. The van der Waals surface area contributed by atoms with Crippen LogP contribution < -0.4 is 10.1 Å². The second-order valence-corrected chi connectivity index (χ2v) is 3.23. The molecule has 1 rings (SSSR count). The summed E-state index contributed by atoms with van der Waals surface area (Å²) in [6, 6.07) is 4.62. The summed E-state index contributed by atoms with van der Waals surface area (Å²) in [4.78, 5) is 10.6. The second kappa shape index (κ2) is 5.90. The number of rotatable bonds is 4. The van der Waals surface area contributed by atoms with Crippen LogP contribution in [0.1, 0.15) is 12.5 Å². The van der Waals surface area contributed by atoms with Crippen molar-refractivity contribution in [1.29, 1.82) is 0 Å². The van der Waals surface area contributed by atoms with E-state index in [-0.39, 0.29) is 11.7 Å². The Morgan fingerprint density at radius 3 is 2.88 bits per heavy atom. The predicted octanol–water partition coefficient (Wildman–Crippen LogP) is 1.98. The highest BCUT2D eigenvalue weighted by Crippen LogP contribution is 2.16. The number of hydrogen-bond acceptors (Lipinski definition) is 2. The summed E-state index contributed by atoms with van der Waals surface area (Å²) in [5.74, 6) is 0.0230. The lowest BCUT2D eigenvalue weighted by Gasteiger charge is -2.01. The molecule has 0 unspecified atom stereocenters. The smallest absolute Gasteiger partial charge is 0.217 e. The van der Waals surface area contributed by atoms with Gasteiger partial charge in [-0.3, -0.25) is 4.79 Å². The molecule has 0 fully saturated rings. The van der Waals surface area contributed by atoms with Crippen LogP contribution >= 0.6 is 0 Å². The molecule has 0 aromatic heterocycles. The number of halogens is 1. The minimum atomic E-state index is -0.349. The van der Waals surface area contributed by atoms with Crippen LogP contribution in [0.2, 0.25) is 0 Å². The van der Waals surface area contributed by atoms with Crippen LogP contribution in [0, 0.1) is 5.82 Å². The molecule has 4 heteroatoms. The number of ether oxygens (including phenoxy) is 1. The normalized spacial score (nSPS) is 10.4. The standard InChI is InChI=1S/C12H14FNO2/c1-9(15)14-7-3-4-10-5-6-11(16-2)8-12(10)13/h3-6,8H,7H2,1-2H3,(H,14,15). The maximum Gasteiger partial charge on any atom is 0.217 e. The minimum absolute atomic E-state index is 0.111. The first kappa shape index (κ1) is 12.2. The summed E-state index contributed by atoms with van der Waals surface area (Å²) in [7, 11) is 1.49. The van der Waals surface area contributed by atoms with Gasteiger partial charge in [0, 0.05) is 25.1 Å². The Balaban J connectivity index is 2.63. The highest BCUT2D eigenvalue weighted by Gasteiger charge is 2.00. The van der Waals surface area contributed by atoms with E-state index in [2.05, 4.69) is 5.32 Å². The number of nitrogens with one attached hydrogen (secondary N) is 1. The highest BCUT2D eigenvalue weighted by atomic mass is 19.1. The Kier molecular flexibility index (Phi) is 4.51. The van der Waals surface area contributed by atoms with Crippen LogP contribution in [0.4, 0.5) is 4.39 Å². The van der Waals surface area contributed by atoms with Gasteiger partial charge in [0.1, 0.15) is 11.6 Å². The van der Waals surface area contributed by atoms with Crippen molar-refractivity contribution >= 4 is 12.0 Å². The third-order valence-corrected chi connectivity index (χ3v) is 1.97. The molecule has 0 bridgehead atoms. The van der Waals surface area contributed by atoms with Crippen molar-refractivity contribution in [3.05, 3.63) is 35.7 Å². The van der Waals surface area contributed by atoms with Crippen LogP contribution in [-0.2, 0) is 4.79 Å². The number of carbonyl (C=O) groups excluding carboxylic acids is 1. The van der Waals surface area contributed by atoms with E-state index in [0.29, 0.717) is 17.9 Å². The van der Waals surface area contributed by atoms with E-state index in [4.69, 9.17) is 4.74 Å². The summed E-state index contributed by atoms with van der Waals surface area (Å²) in [6.45, 7) is 1.82. The van der Waals surface area contributed by atoms with Gasteiger partial charge in [0.15, 0.2) is 0 Å². The van der Waals surface area contributed by atoms with Gasteiger partial charge in [-0.1, -0.05) is 12.2 Å². The van der Waals surface area contributed by atoms with E-state index in [1.54, 1.807) is 24.3 Å². The first-order chi connectivity index (χ1) is 7.63. The molecule has 1 aromatic rings. The Hall–Kier alpha value is -1.84. The lowest BCUT2D eigenvalue weighted by atomic mass is 10.2. The van der Waals surface area contributed by atoms with E-state index in [1.807, 2.05) is 0 Å². The monoisotopic (exact) mass is 223 g/mol. The van der Waals surface area contributed by atoms with E-state index in [0.717, 1.165) is 0 Å². The molecule has 86 valence electrons. The molecule has 0 aliphatic rings. The molecular formula is C12H14FNO2. The van der Waals surface area contributed by atoms with Gasteiger partial charge < -0.3 is 10.1 Å². The average Bonchev–Trinajstić information content (AvgIpc) is 2.25. The molecule has 0 aliphatic carbocycles. The molecule has 0 spiro atoms. The van der Waals surface area contributed by atoms with Crippen molar-refractivity contribution in [3.63, 3.8) is 0 Å². The van der Waals surface area contributed by atoms with E-state index >= 15 is 0 Å². The van der Waals surface area contributed by atoms with Gasteiger partial charge in [0.2, 0.25) is 5.91 Å². The average molecular weight is 223 g/mol. The van der Waals surface area contributed by atoms with Gasteiger partial charge >= 0.3 is 0 Å². The van der Waals surface area contributed by atoms with Crippen molar-refractivity contribution < 1.29 is 13.9 Å². The van der Waals surface area contributed by atoms with Crippen molar-refractivity contribution in [2.75, 3.05) is 13.7 Å². The fourth-order valence-corrected chi connectivity index (χ4v) is 1.16. The van der Waals surface area contributed by atoms with E-state index in [9.17, 15) is 9.18 Å². The first-order valence-electron chi connectivity index (χ1n) is 4.88. The van der Waals surface area contributed by atoms with Gasteiger partial charge in [0.25, 0.3) is 0 Å². The zero-order chi connectivity index (χ0) is 12.0. The lowest BCUT2D eigenvalue weighted by Crippen LogP contribution is -2.19. The van der Waals surface area contributed by atoms with Crippen LogP contribution in [0.5, 0.6) is 5.75 Å². The zero-order valence-electron chi connectivity index (χ0n) is 9.29. The maximum absolute atomic E-state index is 13.4. The SMILES string of the molecule is COc1ccc(C=CCNC(C)=O)c(F)c1. The van der Waals surface area contributed by atoms with Crippen molar-refractivity contribution in [2.45, 2.75) is 6.92 Å². The summed E-state index contributed by atoms with van der Waals surface area (Å²) in [5, 5.41) is 2.58. The maximum atomic E-state index is 13.4. The Labute approximate surface area is 93.9 Å². The largest absolute Gasteiger partial charge is 0.497 e. The van der Waals surface area contributed by atoms with Crippen LogP contribution in [-0.4, -0.2) is 19.6 Å². The van der Waals surface area contributed by atoms with Crippen molar-refractivity contribution in [2.24, 2.45) is 0 Å². The lowest BCUT2D eigenvalue weighted by molar-refractivity contribution is -0.118. The molecule has 1 amide bonds. The minimum Gasteiger partial charge on any atom is -0.497 e. The molecule has 1 N–H and O–H groups in total. The van der Waals surface area contributed by atoms with Crippen molar-refractivity contribution in [3.8, 4) is 5.75 Å². The van der Waals surface area contributed by atoms with Gasteiger partial charge in [-0.25, -0.2) is 4.39 Å². The fourth-order valence-electron chi connectivity index (χ4n) is 1.16. The molecule has 0 heterocycles. The fraction of sp³-hybridized carbons (Fsp3) is 0.250. The molecule has 0 saturated heterocycles. The summed E-state index contributed by atoms with van der Waals surface area (Å²) in [5.41, 5.74) is 0.464. The van der Waals surface area contributed by atoms with E-state index < -0.39 is 0 Å². The second-order valence-electron chi connectivity index (χ2n) is 3.23. The van der Waals surface area contributed by atoms with E-state index in [1.165, 1.54) is 20.1 Å². The molecule has 0 atom stereocenters. The number of hydrogen-bond donors (Lipinski definition) is 1. The molecule has 16 heavy (non-hydrogen) atoms. The van der Waals surface area contributed by atoms with Gasteiger partial charge in [-0.2, -0.15) is 0 Å². The number of amides is 1. The topological polar surface area (TPSA) is 38.3 Å². The quantitative estimate of drug-likeness (QED) is 0.847. The van der Waals surface area contributed by atoms with Gasteiger partial charge in [-0.05, 0) is 12.1 Å². The van der Waals surface area contributed by atoms with Crippen molar-refractivity contribution in [1.82, 2.24) is 5.32 Å². The first-order valence-corrected chi connectivity index (χ1v) is 4.88. The molecule has 1 aromatic carbocycles. The van der Waals surface area contributed by atoms with Gasteiger partial charge in [-0.15, -0.1) is 0 Å². The Morgan fingerprint density at radius 1 is 1.56 bits per heavy atom. The third kappa shape index (κ3) is 3.73. The highest BCUT2D eigenvalue weighted by molar-refractivity contribution is 5.73. The van der Waals surface area contributed by atoms with Crippen LogP contribution in [0.3, 0.4) is 0 Å². The molecule has 0 aliphatic heterocycles. The number of methoxy groups -OCH3 is 1. The molecule has 0 saturated carbocycles. The number of benzene rings is 1. The predicted molar refractivity (Wildman–Crippen MR) is 60.7 cm³/mol. The molecule has 3 nitrogen and oxygen atoms in total. The third-order valence-electron chi connectivity index (χ3n) is 1.97. The van der Waals surface area contributed by atoms with Crippen LogP contribution in [0.25, 0.3) is 6.08 Å². The zero-order valence-corrected chi connectivity index (χ0v) is 9.29. The van der Waals surface area contributed by atoms with Crippen LogP contribution in [0.15, 0.2) is 24.3 Å². The molecular weight excluding hydrogens is 209 g/mol. The number of carbonyl (C=O) groups is 1. The Morgan fingerprint density at radius 2 is 2.31 bits per heavy atom. The summed E-state index contributed by atoms with van der Waals surface area (Å²) in [6.07, 6.45) is 3.30.